The van der Waals surface area contributed by atoms with E-state index >= 15 is 0 Å². The summed E-state index contributed by atoms with van der Waals surface area (Å²) in [6, 6.07) is 14.9. The first-order valence-electron chi connectivity index (χ1n) is 8.64. The molecule has 0 spiro atoms. The molecule has 0 aliphatic carbocycles. The normalized spacial score (nSPS) is 13.2. The number of hydrogen-bond donors (Lipinski definition) is 1. The highest BCUT2D eigenvalue weighted by molar-refractivity contribution is 7.15. The molecule has 0 saturated carbocycles. The summed E-state index contributed by atoms with van der Waals surface area (Å²) in [6.45, 7) is 2.43. The predicted molar refractivity (Wildman–Crippen MR) is 108 cm³/mol. The molecule has 0 unspecified atom stereocenters. The average molecular weight is 378 g/mol. The summed E-state index contributed by atoms with van der Waals surface area (Å²) in [7, 11) is 0. The Kier molecular flexibility index (Phi) is 4.41. The molecule has 27 heavy (non-hydrogen) atoms. The Morgan fingerprint density at radius 3 is 2.74 bits per heavy atom. The summed E-state index contributed by atoms with van der Waals surface area (Å²) in [4.78, 5) is 27.0. The highest BCUT2D eigenvalue weighted by Crippen LogP contribution is 2.37. The van der Waals surface area contributed by atoms with Crippen LogP contribution in [0.4, 0.5) is 10.7 Å². The minimum absolute atomic E-state index is 0.0176. The van der Waals surface area contributed by atoms with Crippen LogP contribution in [-0.2, 0) is 4.79 Å². The maximum atomic E-state index is 13.3. The molecule has 3 aromatic rings. The van der Waals surface area contributed by atoms with E-state index in [1.54, 1.807) is 23.1 Å². The van der Waals surface area contributed by atoms with Gasteiger partial charge >= 0.3 is 0 Å². The van der Waals surface area contributed by atoms with Gasteiger partial charge in [-0.2, -0.15) is 0 Å². The van der Waals surface area contributed by atoms with Crippen molar-refractivity contribution < 1.29 is 14.3 Å². The first-order chi connectivity index (χ1) is 13.1. The zero-order chi connectivity index (χ0) is 19.0. The molecule has 0 bridgehead atoms. The Morgan fingerprint density at radius 1 is 1.22 bits per heavy atom. The number of anilines is 2. The van der Waals surface area contributed by atoms with Crippen molar-refractivity contribution in [2.24, 2.45) is 0 Å². The van der Waals surface area contributed by atoms with Gasteiger partial charge in [0.2, 0.25) is 0 Å². The highest BCUT2D eigenvalue weighted by atomic mass is 32.1. The lowest BCUT2D eigenvalue weighted by Gasteiger charge is -2.28. The molecule has 1 amide bonds. The Bertz CT molecular complexity index is 1030. The largest absolute Gasteiger partial charge is 0.482 e. The van der Waals surface area contributed by atoms with Gasteiger partial charge < -0.3 is 15.4 Å². The number of benzene rings is 2. The van der Waals surface area contributed by atoms with Crippen molar-refractivity contribution in [3.63, 3.8) is 0 Å². The van der Waals surface area contributed by atoms with Gasteiger partial charge in [0.15, 0.2) is 12.4 Å². The standard InChI is InChI=1S/C21H18N2O3S/c1-2-23-16-10-14(8-9-17(16)26-11-18(23)24)20(25)19-15(12-27-21(19)22)13-6-4-3-5-7-13/h3-10,12H,2,11,22H2,1H3. The average Bonchev–Trinajstić information content (AvgIpc) is 3.09. The lowest BCUT2D eigenvalue weighted by Crippen LogP contribution is -2.38. The van der Waals surface area contributed by atoms with E-state index in [2.05, 4.69) is 0 Å². The van der Waals surface area contributed by atoms with Crippen molar-refractivity contribution in [3.05, 3.63) is 65.0 Å². The van der Waals surface area contributed by atoms with Crippen LogP contribution in [0, 0.1) is 0 Å². The molecular weight excluding hydrogens is 360 g/mol. The van der Waals surface area contributed by atoms with Crippen molar-refractivity contribution in [2.45, 2.75) is 6.92 Å². The van der Waals surface area contributed by atoms with Gasteiger partial charge in [0.25, 0.3) is 5.91 Å². The molecule has 0 saturated heterocycles. The Morgan fingerprint density at radius 2 is 2.00 bits per heavy atom. The Labute approximate surface area is 161 Å². The number of amides is 1. The van der Waals surface area contributed by atoms with E-state index in [0.29, 0.717) is 34.1 Å². The molecule has 0 radical (unpaired) electrons. The monoisotopic (exact) mass is 378 g/mol. The second-order valence-corrected chi connectivity index (χ2v) is 7.10. The van der Waals surface area contributed by atoms with E-state index < -0.39 is 0 Å². The van der Waals surface area contributed by atoms with Crippen molar-refractivity contribution in [2.75, 3.05) is 23.8 Å². The number of ketones is 1. The van der Waals surface area contributed by atoms with E-state index in [1.807, 2.05) is 42.6 Å². The Hall–Kier alpha value is -3.12. The summed E-state index contributed by atoms with van der Waals surface area (Å²) < 4.78 is 5.48. The summed E-state index contributed by atoms with van der Waals surface area (Å²) in [5, 5.41) is 2.39. The molecule has 2 N–H and O–H groups in total. The smallest absolute Gasteiger partial charge is 0.265 e. The SMILES string of the molecule is CCN1C(=O)COc2ccc(C(=O)c3c(-c4ccccc4)csc3N)cc21. The van der Waals surface area contributed by atoms with Crippen LogP contribution < -0.4 is 15.4 Å². The molecule has 1 aliphatic rings. The van der Waals surface area contributed by atoms with Gasteiger partial charge in [-0.25, -0.2) is 0 Å². The van der Waals surface area contributed by atoms with E-state index in [9.17, 15) is 9.59 Å². The van der Waals surface area contributed by atoms with Gasteiger partial charge in [0.05, 0.1) is 16.3 Å². The third kappa shape index (κ3) is 2.98. The number of thiophene rings is 1. The third-order valence-corrected chi connectivity index (χ3v) is 5.42. The predicted octanol–water partition coefficient (Wildman–Crippen LogP) is 3.97. The number of nitrogens with zero attached hydrogens (tertiary/aromatic N) is 1. The summed E-state index contributed by atoms with van der Waals surface area (Å²) in [5.41, 5.74) is 9.50. The van der Waals surface area contributed by atoms with Gasteiger partial charge in [-0.3, -0.25) is 9.59 Å². The zero-order valence-electron chi connectivity index (χ0n) is 14.8. The quantitative estimate of drug-likeness (QED) is 0.697. The number of nitrogens with two attached hydrogens (primary N) is 1. The molecule has 6 heteroatoms. The fraction of sp³-hybridized carbons (Fsp3) is 0.143. The maximum absolute atomic E-state index is 13.3. The second-order valence-electron chi connectivity index (χ2n) is 6.19. The molecular formula is C21H18N2O3S. The zero-order valence-corrected chi connectivity index (χ0v) is 15.6. The van der Waals surface area contributed by atoms with Gasteiger partial charge in [-0.05, 0) is 30.7 Å². The number of fused-ring (bicyclic) bond motifs is 1. The van der Waals surface area contributed by atoms with E-state index in [1.165, 1.54) is 11.3 Å². The minimum atomic E-state index is -0.163. The van der Waals surface area contributed by atoms with Gasteiger partial charge in [-0.15, -0.1) is 11.3 Å². The summed E-state index contributed by atoms with van der Waals surface area (Å²) >= 11 is 1.35. The summed E-state index contributed by atoms with van der Waals surface area (Å²) in [5.74, 6) is 0.327. The topological polar surface area (TPSA) is 72.6 Å². The second kappa shape index (κ2) is 6.89. The number of carbonyl (C=O) groups excluding carboxylic acids is 2. The molecule has 1 aliphatic heterocycles. The Balaban J connectivity index is 1.78. The van der Waals surface area contributed by atoms with Gasteiger partial charge in [0, 0.05) is 23.1 Å². The van der Waals surface area contributed by atoms with Crippen molar-refractivity contribution in [3.8, 4) is 16.9 Å². The van der Waals surface area contributed by atoms with Crippen LogP contribution in [-0.4, -0.2) is 24.8 Å². The van der Waals surface area contributed by atoms with Crippen LogP contribution in [0.15, 0.2) is 53.9 Å². The van der Waals surface area contributed by atoms with Crippen LogP contribution in [0.2, 0.25) is 0 Å². The third-order valence-electron chi connectivity index (χ3n) is 4.61. The number of rotatable bonds is 4. The van der Waals surface area contributed by atoms with Crippen LogP contribution in [0.25, 0.3) is 11.1 Å². The lowest BCUT2D eigenvalue weighted by molar-refractivity contribution is -0.121. The first kappa shape index (κ1) is 17.3. The van der Waals surface area contributed by atoms with Crippen molar-refractivity contribution >= 4 is 33.7 Å². The van der Waals surface area contributed by atoms with E-state index in [0.717, 1.165) is 11.1 Å². The van der Waals surface area contributed by atoms with Crippen molar-refractivity contribution in [1.82, 2.24) is 0 Å². The van der Waals surface area contributed by atoms with Crippen LogP contribution in [0.5, 0.6) is 5.75 Å². The van der Waals surface area contributed by atoms with Gasteiger partial charge in [0.1, 0.15) is 5.75 Å². The summed E-state index contributed by atoms with van der Waals surface area (Å²) in [6.07, 6.45) is 0. The maximum Gasteiger partial charge on any atom is 0.265 e. The molecule has 0 atom stereocenters. The molecule has 2 heterocycles. The van der Waals surface area contributed by atoms with E-state index in [4.69, 9.17) is 10.5 Å². The number of likely N-dealkylation sites (N-methyl/N-ethyl adjacent to an activating group) is 1. The molecule has 1 aromatic heterocycles. The van der Waals surface area contributed by atoms with Gasteiger partial charge in [-0.1, -0.05) is 30.3 Å². The fourth-order valence-corrected chi connectivity index (χ4v) is 4.09. The molecule has 136 valence electrons. The minimum Gasteiger partial charge on any atom is -0.482 e. The number of ether oxygens (including phenoxy) is 1. The molecule has 0 fully saturated rings. The number of carbonyl (C=O) groups is 2. The highest BCUT2D eigenvalue weighted by Gasteiger charge is 2.27. The van der Waals surface area contributed by atoms with Crippen LogP contribution in [0.3, 0.4) is 0 Å². The first-order valence-corrected chi connectivity index (χ1v) is 9.52. The van der Waals surface area contributed by atoms with Crippen LogP contribution in [0.1, 0.15) is 22.8 Å². The number of nitrogen functional groups attached to an aromatic ring is 1. The lowest BCUT2D eigenvalue weighted by atomic mass is 9.96. The molecule has 4 rings (SSSR count). The van der Waals surface area contributed by atoms with Crippen LogP contribution >= 0.6 is 11.3 Å². The fourth-order valence-electron chi connectivity index (χ4n) is 3.27. The molecule has 5 nitrogen and oxygen atoms in total. The molecule has 2 aromatic carbocycles. The van der Waals surface area contributed by atoms with E-state index in [-0.39, 0.29) is 18.3 Å². The van der Waals surface area contributed by atoms with Crippen molar-refractivity contribution in [1.29, 1.82) is 0 Å². The number of hydrogen-bond acceptors (Lipinski definition) is 5.